The van der Waals surface area contributed by atoms with Gasteiger partial charge in [0, 0.05) is 0 Å². The Morgan fingerprint density at radius 2 is 2.38 bits per heavy atom. The molecule has 0 saturated heterocycles. The Hall–Kier alpha value is -0.860. The molecule has 2 aromatic rings. The van der Waals surface area contributed by atoms with Gasteiger partial charge < -0.3 is 4.42 Å². The Balaban J connectivity index is 2.07. The predicted octanol–water partition coefficient (Wildman–Crippen LogP) is 2.87. The largest absolute Gasteiger partial charge is 0.444 e. The Morgan fingerprint density at radius 1 is 1.56 bits per heavy atom. The summed E-state index contributed by atoms with van der Waals surface area (Å²) in [6.45, 7) is 0. The zero-order valence-electron chi connectivity index (χ0n) is 8.06. The van der Waals surface area contributed by atoms with E-state index in [-0.39, 0.29) is 11.7 Å². The molecule has 2 heterocycles. The van der Waals surface area contributed by atoms with Gasteiger partial charge in [-0.1, -0.05) is 23.1 Å². The number of hydrogen-bond donors (Lipinski definition) is 1. The average molecular weight is 320 g/mol. The summed E-state index contributed by atoms with van der Waals surface area (Å²) >= 11 is 5.92. The van der Waals surface area contributed by atoms with Crippen molar-refractivity contribution in [2.24, 2.45) is 0 Å². The lowest BCUT2D eigenvalue weighted by molar-refractivity contribution is 0.0995. The number of thioether (sulfide) groups is 1. The molecule has 0 aliphatic carbocycles. The second kappa shape index (κ2) is 4.98. The minimum absolute atomic E-state index is 0.229. The summed E-state index contributed by atoms with van der Waals surface area (Å²) in [5.41, 5.74) is 0. The first-order valence-electron chi connectivity index (χ1n) is 4.13. The van der Waals surface area contributed by atoms with E-state index in [1.165, 1.54) is 23.1 Å². The van der Waals surface area contributed by atoms with Crippen molar-refractivity contribution in [1.82, 2.24) is 10.2 Å². The van der Waals surface area contributed by atoms with Crippen LogP contribution in [0.25, 0.3) is 0 Å². The number of carbonyl (C=O) groups is 1. The van der Waals surface area contributed by atoms with Crippen molar-refractivity contribution >= 4 is 50.1 Å². The van der Waals surface area contributed by atoms with Crippen LogP contribution < -0.4 is 5.32 Å². The van der Waals surface area contributed by atoms with Crippen molar-refractivity contribution in [2.45, 2.75) is 4.34 Å². The van der Waals surface area contributed by atoms with E-state index in [0.29, 0.717) is 9.80 Å². The summed E-state index contributed by atoms with van der Waals surface area (Å²) in [5, 5.41) is 10.7. The summed E-state index contributed by atoms with van der Waals surface area (Å²) in [6, 6.07) is 3.23. The Bertz CT molecular complexity index is 511. The molecular formula is C8H6BrN3O2S2. The molecule has 84 valence electrons. The van der Waals surface area contributed by atoms with Crippen LogP contribution in [0.1, 0.15) is 10.6 Å². The topological polar surface area (TPSA) is 68.0 Å². The minimum Gasteiger partial charge on any atom is -0.444 e. The Labute approximate surface area is 108 Å². The van der Waals surface area contributed by atoms with E-state index >= 15 is 0 Å². The normalized spacial score (nSPS) is 10.4. The molecule has 0 bridgehead atoms. The zero-order valence-corrected chi connectivity index (χ0v) is 11.3. The minimum atomic E-state index is -0.338. The van der Waals surface area contributed by atoms with E-state index in [2.05, 4.69) is 31.4 Å². The molecule has 2 aromatic heterocycles. The smallest absolute Gasteiger partial charge is 0.293 e. The molecule has 1 amide bonds. The fraction of sp³-hybridized carbons (Fsp3) is 0.125. The number of hydrogen-bond acceptors (Lipinski definition) is 6. The second-order valence-electron chi connectivity index (χ2n) is 2.64. The van der Waals surface area contributed by atoms with Gasteiger partial charge in [0.05, 0.1) is 0 Å². The van der Waals surface area contributed by atoms with Crippen LogP contribution >= 0.6 is 39.0 Å². The van der Waals surface area contributed by atoms with Gasteiger partial charge in [-0.25, -0.2) is 0 Å². The van der Waals surface area contributed by atoms with Gasteiger partial charge >= 0.3 is 0 Å². The van der Waals surface area contributed by atoms with Gasteiger partial charge in [-0.3, -0.25) is 10.1 Å². The van der Waals surface area contributed by atoms with E-state index in [4.69, 9.17) is 4.42 Å². The first-order valence-corrected chi connectivity index (χ1v) is 6.96. The summed E-state index contributed by atoms with van der Waals surface area (Å²) in [6.07, 6.45) is 1.90. The van der Waals surface area contributed by atoms with Crippen molar-refractivity contribution < 1.29 is 9.21 Å². The van der Waals surface area contributed by atoms with Gasteiger partial charge in [0.15, 0.2) is 14.8 Å². The first kappa shape index (κ1) is 11.6. The summed E-state index contributed by atoms with van der Waals surface area (Å²) in [7, 11) is 0. The van der Waals surface area contributed by atoms with Crippen molar-refractivity contribution in [3.05, 3.63) is 22.6 Å². The molecule has 5 nitrogen and oxygen atoms in total. The lowest BCUT2D eigenvalue weighted by atomic mass is 10.4. The van der Waals surface area contributed by atoms with E-state index in [1.807, 2.05) is 6.26 Å². The van der Waals surface area contributed by atoms with Gasteiger partial charge in [-0.2, -0.15) is 0 Å². The van der Waals surface area contributed by atoms with Crippen molar-refractivity contribution in [3.8, 4) is 0 Å². The predicted molar refractivity (Wildman–Crippen MR) is 66.1 cm³/mol. The van der Waals surface area contributed by atoms with Gasteiger partial charge in [0.25, 0.3) is 5.91 Å². The maximum atomic E-state index is 11.6. The van der Waals surface area contributed by atoms with E-state index in [0.717, 1.165) is 4.34 Å². The average Bonchev–Trinajstić information content (AvgIpc) is 2.87. The van der Waals surface area contributed by atoms with Crippen LogP contribution in [-0.2, 0) is 0 Å². The van der Waals surface area contributed by atoms with Crippen molar-refractivity contribution in [2.75, 3.05) is 11.6 Å². The molecule has 16 heavy (non-hydrogen) atoms. The lowest BCUT2D eigenvalue weighted by Crippen LogP contribution is -2.10. The number of halogens is 1. The van der Waals surface area contributed by atoms with Gasteiger partial charge in [0.2, 0.25) is 5.13 Å². The monoisotopic (exact) mass is 319 g/mol. The SMILES string of the molecule is CSc1nnc(NC(=O)c2ccc(Br)o2)s1. The molecule has 0 atom stereocenters. The molecule has 1 N–H and O–H groups in total. The molecule has 0 saturated carbocycles. The third-order valence-electron chi connectivity index (χ3n) is 1.60. The highest BCUT2D eigenvalue weighted by Crippen LogP contribution is 2.24. The molecule has 0 aliphatic heterocycles. The zero-order chi connectivity index (χ0) is 11.5. The highest BCUT2D eigenvalue weighted by molar-refractivity contribution is 9.10. The Kier molecular flexibility index (Phi) is 3.62. The molecule has 2 rings (SSSR count). The quantitative estimate of drug-likeness (QED) is 0.696. The molecule has 0 spiro atoms. The summed E-state index contributed by atoms with van der Waals surface area (Å²) in [5.74, 6) is -0.109. The summed E-state index contributed by atoms with van der Waals surface area (Å²) < 4.78 is 6.42. The maximum Gasteiger partial charge on any atom is 0.293 e. The van der Waals surface area contributed by atoms with Crippen LogP contribution in [0.4, 0.5) is 5.13 Å². The number of nitrogens with one attached hydrogen (secondary N) is 1. The number of aromatic nitrogens is 2. The molecule has 0 aliphatic rings. The van der Waals surface area contributed by atoms with E-state index in [1.54, 1.807) is 12.1 Å². The lowest BCUT2D eigenvalue weighted by Gasteiger charge is -1.95. The second-order valence-corrected chi connectivity index (χ2v) is 5.45. The summed E-state index contributed by atoms with van der Waals surface area (Å²) in [4.78, 5) is 11.6. The molecular weight excluding hydrogens is 314 g/mol. The van der Waals surface area contributed by atoms with Crippen LogP contribution in [0, 0.1) is 0 Å². The number of amides is 1. The van der Waals surface area contributed by atoms with Crippen molar-refractivity contribution in [1.29, 1.82) is 0 Å². The van der Waals surface area contributed by atoms with Crippen LogP contribution in [0.2, 0.25) is 0 Å². The van der Waals surface area contributed by atoms with Gasteiger partial charge in [0.1, 0.15) is 0 Å². The maximum absolute atomic E-state index is 11.6. The van der Waals surface area contributed by atoms with Crippen LogP contribution in [0.15, 0.2) is 25.6 Å². The molecule has 8 heteroatoms. The Morgan fingerprint density at radius 3 is 2.94 bits per heavy atom. The van der Waals surface area contributed by atoms with Gasteiger partial charge in [-0.05, 0) is 34.3 Å². The highest BCUT2D eigenvalue weighted by Gasteiger charge is 2.13. The first-order chi connectivity index (χ1) is 7.69. The van der Waals surface area contributed by atoms with Crippen LogP contribution in [0.3, 0.4) is 0 Å². The van der Waals surface area contributed by atoms with Crippen LogP contribution in [0.5, 0.6) is 0 Å². The van der Waals surface area contributed by atoms with E-state index in [9.17, 15) is 4.79 Å². The van der Waals surface area contributed by atoms with Crippen LogP contribution in [-0.4, -0.2) is 22.4 Å². The third-order valence-corrected chi connectivity index (χ3v) is 3.84. The molecule has 0 fully saturated rings. The fourth-order valence-electron chi connectivity index (χ4n) is 0.938. The molecule has 0 radical (unpaired) electrons. The number of carbonyl (C=O) groups excluding carboxylic acids is 1. The number of anilines is 1. The number of nitrogens with zero attached hydrogens (tertiary/aromatic N) is 2. The van der Waals surface area contributed by atoms with Gasteiger partial charge in [-0.15, -0.1) is 10.2 Å². The number of furan rings is 1. The van der Waals surface area contributed by atoms with E-state index < -0.39 is 0 Å². The van der Waals surface area contributed by atoms with Crippen molar-refractivity contribution in [3.63, 3.8) is 0 Å². The standard InChI is InChI=1S/C8H6BrN3O2S2/c1-15-8-12-11-7(16-8)10-6(13)4-2-3-5(9)14-4/h2-3H,1H3,(H,10,11,13). The highest BCUT2D eigenvalue weighted by atomic mass is 79.9. The molecule has 0 aromatic carbocycles. The third kappa shape index (κ3) is 2.63. The molecule has 0 unspecified atom stereocenters. The number of rotatable bonds is 3. The fourth-order valence-corrected chi connectivity index (χ4v) is 2.41.